The van der Waals surface area contributed by atoms with Crippen LogP contribution in [0, 0.1) is 17.8 Å². The van der Waals surface area contributed by atoms with Crippen LogP contribution in [0.4, 0.5) is 4.79 Å². The number of carboxylic acid groups (broad SMARTS) is 1. The number of hydrogen-bond donors (Lipinski definition) is 2. The number of carboxylic acids is 1. The zero-order chi connectivity index (χ0) is 14.9. The molecule has 2 rings (SSSR count). The Morgan fingerprint density at radius 1 is 1.05 bits per heavy atom. The molecular weight excluding hydrogens is 260 g/mol. The maximum atomic E-state index is 12.2. The second-order valence-corrected chi connectivity index (χ2v) is 6.14. The number of carbonyl (C=O) groups excluding carboxylic acids is 1. The molecule has 0 aromatic carbocycles. The van der Waals surface area contributed by atoms with Crippen LogP contribution in [0.15, 0.2) is 0 Å². The molecule has 6 heteroatoms. The molecule has 2 heterocycles. The average Bonchev–Trinajstić information content (AvgIpc) is 2.36. The molecule has 2 unspecified atom stereocenters. The van der Waals surface area contributed by atoms with Crippen molar-refractivity contribution in [1.29, 1.82) is 0 Å². The fourth-order valence-electron chi connectivity index (χ4n) is 2.96. The van der Waals surface area contributed by atoms with Gasteiger partial charge in [-0.3, -0.25) is 4.79 Å². The molecule has 0 spiro atoms. The van der Waals surface area contributed by atoms with Crippen molar-refractivity contribution in [2.45, 2.75) is 32.8 Å². The third kappa shape index (κ3) is 3.06. The van der Waals surface area contributed by atoms with Gasteiger partial charge in [-0.1, -0.05) is 6.92 Å². The van der Waals surface area contributed by atoms with Gasteiger partial charge in [0.1, 0.15) is 0 Å². The van der Waals surface area contributed by atoms with Gasteiger partial charge in [0.05, 0.1) is 12.0 Å². The minimum absolute atomic E-state index is 0.0166. The highest BCUT2D eigenvalue weighted by Crippen LogP contribution is 2.27. The summed E-state index contributed by atoms with van der Waals surface area (Å²) in [4.78, 5) is 26.7. The SMILES string of the molecule is CC(O)C1CCN(C(=O)N2CC(C(C)C(=O)O)C2)CC1. The average molecular weight is 284 g/mol. The number of rotatable bonds is 3. The van der Waals surface area contributed by atoms with E-state index in [1.165, 1.54) is 0 Å². The number of amides is 2. The van der Waals surface area contributed by atoms with E-state index in [1.54, 1.807) is 18.7 Å². The van der Waals surface area contributed by atoms with E-state index in [2.05, 4.69) is 0 Å². The Balaban J connectivity index is 1.76. The Morgan fingerprint density at radius 3 is 2.05 bits per heavy atom. The number of aliphatic hydroxyl groups is 1. The zero-order valence-corrected chi connectivity index (χ0v) is 12.2. The highest BCUT2D eigenvalue weighted by Gasteiger charge is 2.39. The number of piperidine rings is 1. The first-order valence-corrected chi connectivity index (χ1v) is 7.35. The first-order valence-electron chi connectivity index (χ1n) is 7.35. The summed E-state index contributed by atoms with van der Waals surface area (Å²) in [6, 6.07) is 0.0166. The zero-order valence-electron chi connectivity index (χ0n) is 12.2. The molecule has 0 aromatic heterocycles. The second kappa shape index (κ2) is 5.99. The Bertz CT molecular complexity index is 371. The minimum Gasteiger partial charge on any atom is -0.481 e. The lowest BCUT2D eigenvalue weighted by molar-refractivity contribution is -0.144. The van der Waals surface area contributed by atoms with Crippen molar-refractivity contribution in [2.24, 2.45) is 17.8 Å². The normalized spacial score (nSPS) is 24.1. The van der Waals surface area contributed by atoms with E-state index in [1.807, 2.05) is 4.90 Å². The van der Waals surface area contributed by atoms with Crippen LogP contribution >= 0.6 is 0 Å². The van der Waals surface area contributed by atoms with Crippen molar-refractivity contribution < 1.29 is 19.8 Å². The molecule has 0 aromatic rings. The summed E-state index contributed by atoms with van der Waals surface area (Å²) in [6.07, 6.45) is 1.37. The molecule has 2 N–H and O–H groups in total. The number of nitrogens with zero attached hydrogens (tertiary/aromatic N) is 2. The molecule has 0 saturated carbocycles. The fourth-order valence-corrected chi connectivity index (χ4v) is 2.96. The molecule has 6 nitrogen and oxygen atoms in total. The number of hydrogen-bond acceptors (Lipinski definition) is 3. The van der Waals surface area contributed by atoms with E-state index in [-0.39, 0.29) is 29.9 Å². The summed E-state index contributed by atoms with van der Waals surface area (Å²) in [7, 11) is 0. The van der Waals surface area contributed by atoms with Gasteiger partial charge in [0.15, 0.2) is 0 Å². The summed E-state index contributed by atoms with van der Waals surface area (Å²) in [5.41, 5.74) is 0. The summed E-state index contributed by atoms with van der Waals surface area (Å²) in [6.45, 7) is 5.96. The number of likely N-dealkylation sites (tertiary alicyclic amines) is 2. The molecule has 2 aliphatic rings. The lowest BCUT2D eigenvalue weighted by atomic mass is 9.87. The van der Waals surface area contributed by atoms with E-state index in [0.29, 0.717) is 26.2 Å². The maximum absolute atomic E-state index is 12.2. The second-order valence-electron chi connectivity index (χ2n) is 6.14. The van der Waals surface area contributed by atoms with Gasteiger partial charge in [0, 0.05) is 32.1 Å². The molecule has 0 radical (unpaired) electrons. The number of aliphatic hydroxyl groups excluding tert-OH is 1. The van der Waals surface area contributed by atoms with Gasteiger partial charge in [0.2, 0.25) is 0 Å². The van der Waals surface area contributed by atoms with Gasteiger partial charge in [-0.05, 0) is 25.7 Å². The molecule has 0 bridgehead atoms. The van der Waals surface area contributed by atoms with Gasteiger partial charge in [-0.25, -0.2) is 4.79 Å². The van der Waals surface area contributed by atoms with E-state index in [4.69, 9.17) is 5.11 Å². The predicted molar refractivity (Wildman–Crippen MR) is 73.2 cm³/mol. The lowest BCUT2D eigenvalue weighted by Crippen LogP contribution is -2.58. The van der Waals surface area contributed by atoms with Crippen LogP contribution in [-0.2, 0) is 4.79 Å². The van der Waals surface area contributed by atoms with Crippen LogP contribution in [0.3, 0.4) is 0 Å². The maximum Gasteiger partial charge on any atom is 0.320 e. The van der Waals surface area contributed by atoms with E-state index in [0.717, 1.165) is 12.8 Å². The number of carbonyl (C=O) groups is 2. The number of urea groups is 1. The summed E-state index contributed by atoms with van der Waals surface area (Å²) < 4.78 is 0. The number of aliphatic carboxylic acids is 1. The van der Waals surface area contributed by atoms with Gasteiger partial charge in [-0.15, -0.1) is 0 Å². The standard InChI is InChI=1S/C14H24N2O4/c1-9(13(18)19)12-7-16(8-12)14(20)15-5-3-11(4-6-15)10(2)17/h9-12,17H,3-8H2,1-2H3,(H,18,19). The minimum atomic E-state index is -0.792. The molecule has 2 fully saturated rings. The summed E-state index contributed by atoms with van der Waals surface area (Å²) in [5, 5.41) is 18.5. The van der Waals surface area contributed by atoms with E-state index in [9.17, 15) is 14.7 Å². The van der Waals surface area contributed by atoms with Crippen LogP contribution < -0.4 is 0 Å². The van der Waals surface area contributed by atoms with Crippen LogP contribution in [0.25, 0.3) is 0 Å². The first kappa shape index (κ1) is 15.1. The Morgan fingerprint density at radius 2 is 1.60 bits per heavy atom. The molecule has 2 amide bonds. The molecular formula is C14H24N2O4. The van der Waals surface area contributed by atoms with Gasteiger partial charge in [-0.2, -0.15) is 0 Å². The predicted octanol–water partition coefficient (Wildman–Crippen LogP) is 0.852. The van der Waals surface area contributed by atoms with Crippen molar-refractivity contribution >= 4 is 12.0 Å². The van der Waals surface area contributed by atoms with Crippen molar-refractivity contribution in [3.8, 4) is 0 Å². The van der Waals surface area contributed by atoms with Gasteiger partial charge < -0.3 is 20.0 Å². The Labute approximate surface area is 119 Å². The van der Waals surface area contributed by atoms with Crippen molar-refractivity contribution in [3.05, 3.63) is 0 Å². The van der Waals surface area contributed by atoms with E-state index >= 15 is 0 Å². The van der Waals surface area contributed by atoms with Gasteiger partial charge in [0.25, 0.3) is 0 Å². The Hall–Kier alpha value is -1.30. The van der Waals surface area contributed by atoms with Crippen LogP contribution in [0.1, 0.15) is 26.7 Å². The molecule has 20 heavy (non-hydrogen) atoms. The topological polar surface area (TPSA) is 81.1 Å². The molecule has 2 aliphatic heterocycles. The lowest BCUT2D eigenvalue weighted by Gasteiger charge is -2.45. The van der Waals surface area contributed by atoms with Crippen LogP contribution in [0.2, 0.25) is 0 Å². The van der Waals surface area contributed by atoms with Crippen LogP contribution in [-0.4, -0.2) is 64.3 Å². The molecule has 2 atom stereocenters. The quantitative estimate of drug-likeness (QED) is 0.805. The highest BCUT2D eigenvalue weighted by atomic mass is 16.4. The van der Waals surface area contributed by atoms with Crippen molar-refractivity contribution in [2.75, 3.05) is 26.2 Å². The third-order valence-corrected chi connectivity index (χ3v) is 4.77. The third-order valence-electron chi connectivity index (χ3n) is 4.77. The van der Waals surface area contributed by atoms with Gasteiger partial charge >= 0.3 is 12.0 Å². The largest absolute Gasteiger partial charge is 0.481 e. The molecule has 0 aliphatic carbocycles. The highest BCUT2D eigenvalue weighted by molar-refractivity contribution is 5.76. The molecule has 2 saturated heterocycles. The fraction of sp³-hybridized carbons (Fsp3) is 0.857. The summed E-state index contributed by atoms with van der Waals surface area (Å²) >= 11 is 0. The summed E-state index contributed by atoms with van der Waals surface area (Å²) in [5.74, 6) is -0.818. The van der Waals surface area contributed by atoms with Crippen LogP contribution in [0.5, 0.6) is 0 Å². The van der Waals surface area contributed by atoms with Crippen molar-refractivity contribution in [3.63, 3.8) is 0 Å². The first-order chi connectivity index (χ1) is 9.40. The van der Waals surface area contributed by atoms with Crippen molar-refractivity contribution in [1.82, 2.24) is 9.80 Å². The monoisotopic (exact) mass is 284 g/mol. The molecule has 114 valence electrons. The van der Waals surface area contributed by atoms with E-state index < -0.39 is 5.97 Å². The smallest absolute Gasteiger partial charge is 0.320 e. The Kier molecular flexibility index (Phi) is 4.52.